The first-order valence-corrected chi connectivity index (χ1v) is 6.47. The van der Waals surface area contributed by atoms with Crippen LogP contribution < -0.4 is 0 Å². The van der Waals surface area contributed by atoms with Crippen molar-refractivity contribution in [2.75, 3.05) is 26.7 Å². The van der Waals surface area contributed by atoms with Crippen LogP contribution in [0.3, 0.4) is 0 Å². The average molecular weight is 227 g/mol. The zero-order chi connectivity index (χ0) is 12.0. The standard InChI is InChI=1S/C13H25NO2/c1-4-7-14-8-5-12(6-9-14)10-11(2)13(15)16-3/h11-12H,4-10H2,1-3H3. The lowest BCUT2D eigenvalue weighted by molar-refractivity contribution is -0.145. The van der Waals surface area contributed by atoms with Gasteiger partial charge in [0.1, 0.15) is 0 Å². The molecule has 0 radical (unpaired) electrons. The van der Waals surface area contributed by atoms with Crippen molar-refractivity contribution in [2.24, 2.45) is 11.8 Å². The quantitative estimate of drug-likeness (QED) is 0.675. The van der Waals surface area contributed by atoms with E-state index in [9.17, 15) is 4.79 Å². The van der Waals surface area contributed by atoms with Gasteiger partial charge < -0.3 is 9.64 Å². The summed E-state index contributed by atoms with van der Waals surface area (Å²) in [6.45, 7) is 7.83. The maximum atomic E-state index is 11.3. The Balaban J connectivity index is 2.24. The lowest BCUT2D eigenvalue weighted by atomic mass is 9.88. The number of hydrogen-bond donors (Lipinski definition) is 0. The minimum absolute atomic E-state index is 0.0593. The van der Waals surface area contributed by atoms with Gasteiger partial charge in [0.2, 0.25) is 0 Å². The molecule has 0 aliphatic carbocycles. The molecule has 0 spiro atoms. The van der Waals surface area contributed by atoms with Gasteiger partial charge in [0.15, 0.2) is 0 Å². The van der Waals surface area contributed by atoms with Crippen LogP contribution in [0.15, 0.2) is 0 Å². The van der Waals surface area contributed by atoms with Gasteiger partial charge in [-0.3, -0.25) is 4.79 Å². The summed E-state index contributed by atoms with van der Waals surface area (Å²) in [5.41, 5.74) is 0. The van der Waals surface area contributed by atoms with E-state index >= 15 is 0 Å². The molecular formula is C13H25NO2. The molecule has 1 aliphatic heterocycles. The Morgan fingerprint density at radius 3 is 2.56 bits per heavy atom. The molecule has 0 amide bonds. The Hall–Kier alpha value is -0.570. The maximum Gasteiger partial charge on any atom is 0.308 e. The number of carbonyl (C=O) groups is 1. The maximum absolute atomic E-state index is 11.3. The summed E-state index contributed by atoms with van der Waals surface area (Å²) < 4.78 is 4.76. The fraction of sp³-hybridized carbons (Fsp3) is 0.923. The Morgan fingerprint density at radius 2 is 2.06 bits per heavy atom. The number of rotatable bonds is 5. The highest BCUT2D eigenvalue weighted by Gasteiger charge is 2.23. The number of piperidine rings is 1. The van der Waals surface area contributed by atoms with E-state index in [0.717, 1.165) is 6.42 Å². The predicted molar refractivity (Wildman–Crippen MR) is 65.3 cm³/mol. The second kappa shape index (κ2) is 6.89. The topological polar surface area (TPSA) is 29.5 Å². The number of nitrogens with zero attached hydrogens (tertiary/aromatic N) is 1. The zero-order valence-corrected chi connectivity index (χ0v) is 10.9. The molecule has 1 heterocycles. The molecular weight excluding hydrogens is 202 g/mol. The molecule has 1 aliphatic rings. The summed E-state index contributed by atoms with van der Waals surface area (Å²) in [6, 6.07) is 0. The number of ether oxygens (including phenoxy) is 1. The van der Waals surface area contributed by atoms with Crippen molar-refractivity contribution in [1.82, 2.24) is 4.90 Å². The fourth-order valence-corrected chi connectivity index (χ4v) is 2.56. The van der Waals surface area contributed by atoms with Gasteiger partial charge >= 0.3 is 5.97 Å². The minimum atomic E-state index is -0.0593. The van der Waals surface area contributed by atoms with Crippen LogP contribution >= 0.6 is 0 Å². The summed E-state index contributed by atoms with van der Waals surface area (Å²) in [5, 5.41) is 0. The molecule has 0 aromatic carbocycles. The summed E-state index contributed by atoms with van der Waals surface area (Å²) in [4.78, 5) is 13.8. The van der Waals surface area contributed by atoms with Crippen molar-refractivity contribution in [3.63, 3.8) is 0 Å². The minimum Gasteiger partial charge on any atom is -0.469 e. The van der Waals surface area contributed by atoms with Crippen molar-refractivity contribution >= 4 is 5.97 Å². The SMILES string of the molecule is CCCN1CCC(CC(C)C(=O)OC)CC1. The van der Waals surface area contributed by atoms with Crippen LogP contribution in [0.4, 0.5) is 0 Å². The van der Waals surface area contributed by atoms with E-state index in [1.165, 1.54) is 46.0 Å². The Bertz CT molecular complexity index is 210. The smallest absolute Gasteiger partial charge is 0.308 e. The zero-order valence-electron chi connectivity index (χ0n) is 10.9. The Kier molecular flexibility index (Phi) is 5.81. The van der Waals surface area contributed by atoms with E-state index < -0.39 is 0 Å². The normalized spacial score (nSPS) is 20.7. The lowest BCUT2D eigenvalue weighted by Gasteiger charge is -2.32. The third kappa shape index (κ3) is 4.12. The molecule has 16 heavy (non-hydrogen) atoms. The van der Waals surface area contributed by atoms with Crippen LogP contribution in [0.25, 0.3) is 0 Å². The summed E-state index contributed by atoms with van der Waals surface area (Å²) in [5.74, 6) is 0.714. The highest BCUT2D eigenvalue weighted by molar-refractivity contribution is 5.71. The lowest BCUT2D eigenvalue weighted by Crippen LogP contribution is -2.35. The summed E-state index contributed by atoms with van der Waals surface area (Å²) in [7, 11) is 1.47. The van der Waals surface area contributed by atoms with E-state index in [4.69, 9.17) is 4.74 Å². The van der Waals surface area contributed by atoms with Crippen LogP contribution in [-0.2, 0) is 9.53 Å². The summed E-state index contributed by atoms with van der Waals surface area (Å²) >= 11 is 0. The van der Waals surface area contributed by atoms with Crippen molar-refractivity contribution in [1.29, 1.82) is 0 Å². The first kappa shape index (κ1) is 13.5. The molecule has 0 aromatic heterocycles. The molecule has 1 fully saturated rings. The predicted octanol–water partition coefficient (Wildman–Crippen LogP) is 2.31. The van der Waals surface area contributed by atoms with Gasteiger partial charge in [-0.2, -0.15) is 0 Å². The molecule has 1 unspecified atom stereocenters. The van der Waals surface area contributed by atoms with Gasteiger partial charge in [0.05, 0.1) is 13.0 Å². The van der Waals surface area contributed by atoms with Crippen LogP contribution in [0.1, 0.15) is 39.5 Å². The van der Waals surface area contributed by atoms with E-state index in [-0.39, 0.29) is 11.9 Å². The van der Waals surface area contributed by atoms with Crippen molar-refractivity contribution < 1.29 is 9.53 Å². The van der Waals surface area contributed by atoms with Crippen LogP contribution in [0.5, 0.6) is 0 Å². The molecule has 1 atom stereocenters. The van der Waals surface area contributed by atoms with Crippen LogP contribution in [0, 0.1) is 11.8 Å². The van der Waals surface area contributed by atoms with E-state index in [0.29, 0.717) is 5.92 Å². The van der Waals surface area contributed by atoms with Gasteiger partial charge in [-0.15, -0.1) is 0 Å². The second-order valence-electron chi connectivity index (χ2n) is 4.94. The molecule has 0 N–H and O–H groups in total. The Labute approximate surface area is 99.1 Å². The third-order valence-corrected chi connectivity index (χ3v) is 3.54. The van der Waals surface area contributed by atoms with Gasteiger partial charge in [-0.1, -0.05) is 13.8 Å². The molecule has 3 heteroatoms. The average Bonchev–Trinajstić information content (AvgIpc) is 2.31. The Morgan fingerprint density at radius 1 is 1.44 bits per heavy atom. The van der Waals surface area contributed by atoms with Crippen molar-refractivity contribution in [3.05, 3.63) is 0 Å². The van der Waals surface area contributed by atoms with E-state index in [2.05, 4.69) is 11.8 Å². The van der Waals surface area contributed by atoms with Gasteiger partial charge in [-0.25, -0.2) is 0 Å². The highest BCUT2D eigenvalue weighted by Crippen LogP contribution is 2.24. The first-order chi connectivity index (χ1) is 7.67. The monoisotopic (exact) mass is 227 g/mol. The van der Waals surface area contributed by atoms with Gasteiger partial charge in [-0.05, 0) is 51.2 Å². The third-order valence-electron chi connectivity index (χ3n) is 3.54. The molecule has 94 valence electrons. The molecule has 1 rings (SSSR count). The van der Waals surface area contributed by atoms with Crippen molar-refractivity contribution in [2.45, 2.75) is 39.5 Å². The van der Waals surface area contributed by atoms with E-state index in [1.807, 2.05) is 6.92 Å². The second-order valence-corrected chi connectivity index (χ2v) is 4.94. The highest BCUT2D eigenvalue weighted by atomic mass is 16.5. The van der Waals surface area contributed by atoms with Gasteiger partial charge in [0, 0.05) is 0 Å². The summed E-state index contributed by atoms with van der Waals surface area (Å²) in [6.07, 6.45) is 4.71. The number of carbonyl (C=O) groups excluding carboxylic acids is 1. The first-order valence-electron chi connectivity index (χ1n) is 6.47. The van der Waals surface area contributed by atoms with Crippen LogP contribution in [-0.4, -0.2) is 37.6 Å². The fourth-order valence-electron chi connectivity index (χ4n) is 2.56. The molecule has 0 bridgehead atoms. The largest absolute Gasteiger partial charge is 0.469 e. The number of hydrogen-bond acceptors (Lipinski definition) is 3. The molecule has 3 nitrogen and oxygen atoms in total. The number of esters is 1. The number of likely N-dealkylation sites (tertiary alicyclic amines) is 1. The van der Waals surface area contributed by atoms with Gasteiger partial charge in [0.25, 0.3) is 0 Å². The van der Waals surface area contributed by atoms with Crippen molar-refractivity contribution in [3.8, 4) is 0 Å². The molecule has 0 saturated carbocycles. The van der Waals surface area contributed by atoms with E-state index in [1.54, 1.807) is 0 Å². The number of methoxy groups -OCH3 is 1. The molecule has 0 aromatic rings. The van der Waals surface area contributed by atoms with Crippen LogP contribution in [0.2, 0.25) is 0 Å². The molecule has 1 saturated heterocycles.